The number of aryl methyl sites for hydroxylation is 2. The van der Waals surface area contributed by atoms with Gasteiger partial charge >= 0.3 is 0 Å². The second kappa shape index (κ2) is 6.49. The number of rotatable bonds is 5. The van der Waals surface area contributed by atoms with Gasteiger partial charge in [0.25, 0.3) is 10.0 Å². The van der Waals surface area contributed by atoms with Crippen molar-refractivity contribution in [2.45, 2.75) is 38.7 Å². The summed E-state index contributed by atoms with van der Waals surface area (Å²) in [5, 5.41) is 0. The largest absolute Gasteiger partial charge is 0.490 e. The van der Waals surface area contributed by atoms with Crippen LogP contribution in [0.1, 0.15) is 25.4 Å². The Morgan fingerprint density at radius 2 is 1.87 bits per heavy atom. The van der Waals surface area contributed by atoms with Gasteiger partial charge in [0, 0.05) is 11.8 Å². The molecule has 124 valence electrons. The van der Waals surface area contributed by atoms with E-state index in [0.717, 1.165) is 12.1 Å². The Morgan fingerprint density at radius 3 is 2.48 bits per heavy atom. The Labute approximate surface area is 134 Å². The Bertz CT molecular complexity index is 802. The molecule has 0 spiro atoms. The molecular weight excluding hydrogens is 321 g/mol. The number of aromatic nitrogens is 2. The summed E-state index contributed by atoms with van der Waals surface area (Å²) < 4.78 is 46.4. The van der Waals surface area contributed by atoms with Gasteiger partial charge in [-0.15, -0.1) is 0 Å². The molecule has 0 amide bonds. The highest BCUT2D eigenvalue weighted by Gasteiger charge is 2.22. The van der Waals surface area contributed by atoms with E-state index < -0.39 is 15.8 Å². The summed E-state index contributed by atoms with van der Waals surface area (Å²) in [5.74, 6) is -0.0386. The molecule has 1 aromatic heterocycles. The number of benzene rings is 1. The topological polar surface area (TPSA) is 81.2 Å². The summed E-state index contributed by atoms with van der Waals surface area (Å²) >= 11 is 0. The number of nitrogens with zero attached hydrogens (tertiary/aromatic N) is 2. The Balaban J connectivity index is 2.44. The van der Waals surface area contributed by atoms with Crippen LogP contribution in [0.3, 0.4) is 0 Å². The first-order chi connectivity index (χ1) is 10.7. The van der Waals surface area contributed by atoms with Crippen LogP contribution in [-0.2, 0) is 10.0 Å². The number of hydrogen-bond donors (Lipinski definition) is 1. The third-order valence-corrected chi connectivity index (χ3v) is 4.14. The van der Waals surface area contributed by atoms with Crippen LogP contribution >= 0.6 is 0 Å². The van der Waals surface area contributed by atoms with E-state index in [0.29, 0.717) is 11.5 Å². The van der Waals surface area contributed by atoms with Crippen molar-refractivity contribution in [2.24, 2.45) is 0 Å². The first-order valence-corrected chi connectivity index (χ1v) is 8.47. The minimum Gasteiger partial charge on any atom is -0.490 e. The van der Waals surface area contributed by atoms with E-state index in [1.165, 1.54) is 12.1 Å². The maximum absolute atomic E-state index is 13.5. The zero-order valence-electron chi connectivity index (χ0n) is 13.3. The van der Waals surface area contributed by atoms with Gasteiger partial charge in [-0.25, -0.2) is 22.8 Å². The predicted molar refractivity (Wildman–Crippen MR) is 84.5 cm³/mol. The van der Waals surface area contributed by atoms with Gasteiger partial charge in [0.2, 0.25) is 0 Å². The molecule has 0 bridgehead atoms. The average Bonchev–Trinajstić information content (AvgIpc) is 2.38. The van der Waals surface area contributed by atoms with Crippen LogP contribution in [0.4, 0.5) is 10.2 Å². The fourth-order valence-electron chi connectivity index (χ4n) is 2.01. The summed E-state index contributed by atoms with van der Waals surface area (Å²) in [5.41, 5.74) is 0.619. The molecule has 0 aliphatic rings. The molecule has 2 aromatic rings. The van der Waals surface area contributed by atoms with Crippen LogP contribution in [0.2, 0.25) is 0 Å². The van der Waals surface area contributed by atoms with Gasteiger partial charge < -0.3 is 4.74 Å². The number of ether oxygens (including phenoxy) is 1. The third kappa shape index (κ3) is 4.38. The molecule has 0 unspecified atom stereocenters. The van der Waals surface area contributed by atoms with Gasteiger partial charge in [-0.1, -0.05) is 0 Å². The summed E-state index contributed by atoms with van der Waals surface area (Å²) in [6, 6.07) is 4.85. The number of halogens is 1. The number of hydrogen-bond acceptors (Lipinski definition) is 5. The Morgan fingerprint density at radius 1 is 1.17 bits per heavy atom. The molecule has 0 saturated carbocycles. The van der Waals surface area contributed by atoms with E-state index in [1.54, 1.807) is 27.7 Å². The van der Waals surface area contributed by atoms with Crippen LogP contribution in [0.5, 0.6) is 5.75 Å². The fourth-order valence-corrected chi connectivity index (χ4v) is 3.14. The van der Waals surface area contributed by atoms with Crippen molar-refractivity contribution >= 4 is 15.8 Å². The Kier molecular flexibility index (Phi) is 4.84. The maximum atomic E-state index is 13.5. The van der Waals surface area contributed by atoms with E-state index in [2.05, 4.69) is 14.7 Å². The SMILES string of the molecule is Cc1cc(NS(=O)(=O)c2cc(F)ccc2OC(C)C)nc(C)n1. The van der Waals surface area contributed by atoms with Gasteiger partial charge in [0.05, 0.1) is 6.10 Å². The van der Waals surface area contributed by atoms with Crippen molar-refractivity contribution in [1.82, 2.24) is 9.97 Å². The smallest absolute Gasteiger partial charge is 0.266 e. The lowest BCUT2D eigenvalue weighted by molar-refractivity contribution is 0.235. The van der Waals surface area contributed by atoms with Gasteiger partial charge in [0.15, 0.2) is 0 Å². The monoisotopic (exact) mass is 339 g/mol. The molecule has 0 radical (unpaired) electrons. The molecular formula is C15H18FN3O3S. The zero-order chi connectivity index (χ0) is 17.2. The lowest BCUT2D eigenvalue weighted by atomic mass is 10.3. The van der Waals surface area contributed by atoms with E-state index in [4.69, 9.17) is 4.74 Å². The molecule has 0 saturated heterocycles. The standard InChI is InChI=1S/C15H18FN3O3S/c1-9(2)22-13-6-5-12(16)8-14(13)23(20,21)19-15-7-10(3)17-11(4)18-15/h5-9H,1-4H3,(H,17,18,19). The second-order valence-electron chi connectivity index (χ2n) is 5.30. The van der Waals surface area contributed by atoms with Crippen molar-refractivity contribution in [3.63, 3.8) is 0 Å². The van der Waals surface area contributed by atoms with Gasteiger partial charge in [0.1, 0.15) is 28.1 Å². The highest BCUT2D eigenvalue weighted by molar-refractivity contribution is 7.92. The lowest BCUT2D eigenvalue weighted by Gasteiger charge is -2.15. The zero-order valence-corrected chi connectivity index (χ0v) is 14.1. The number of sulfonamides is 1. The molecule has 0 aliphatic carbocycles. The number of nitrogens with one attached hydrogen (secondary N) is 1. The Hall–Kier alpha value is -2.22. The molecule has 1 heterocycles. The van der Waals surface area contributed by atoms with Crippen molar-refractivity contribution in [3.05, 3.63) is 41.6 Å². The van der Waals surface area contributed by atoms with Gasteiger partial charge in [-0.05, 0) is 45.9 Å². The second-order valence-corrected chi connectivity index (χ2v) is 6.96. The molecule has 23 heavy (non-hydrogen) atoms. The molecule has 6 nitrogen and oxygen atoms in total. The van der Waals surface area contributed by atoms with E-state index in [9.17, 15) is 12.8 Å². The molecule has 1 aromatic carbocycles. The fraction of sp³-hybridized carbons (Fsp3) is 0.333. The highest BCUT2D eigenvalue weighted by atomic mass is 32.2. The summed E-state index contributed by atoms with van der Waals surface area (Å²) in [6.07, 6.45) is -0.252. The highest BCUT2D eigenvalue weighted by Crippen LogP contribution is 2.27. The van der Waals surface area contributed by atoms with Crippen molar-refractivity contribution in [1.29, 1.82) is 0 Å². The van der Waals surface area contributed by atoms with Crippen molar-refractivity contribution in [3.8, 4) is 5.75 Å². The molecule has 0 fully saturated rings. The normalized spacial score (nSPS) is 11.6. The molecule has 8 heteroatoms. The van der Waals surface area contributed by atoms with Crippen LogP contribution in [0.15, 0.2) is 29.2 Å². The minimum atomic E-state index is -4.05. The van der Waals surface area contributed by atoms with Crippen LogP contribution < -0.4 is 9.46 Å². The lowest BCUT2D eigenvalue weighted by Crippen LogP contribution is -2.17. The third-order valence-electron chi connectivity index (χ3n) is 2.76. The molecule has 0 atom stereocenters. The summed E-state index contributed by atoms with van der Waals surface area (Å²) in [4.78, 5) is 7.82. The van der Waals surface area contributed by atoms with E-state index in [-0.39, 0.29) is 22.6 Å². The van der Waals surface area contributed by atoms with Crippen LogP contribution in [-0.4, -0.2) is 24.5 Å². The van der Waals surface area contributed by atoms with Crippen molar-refractivity contribution in [2.75, 3.05) is 4.72 Å². The first kappa shape index (κ1) is 17.1. The van der Waals surface area contributed by atoms with Crippen LogP contribution in [0, 0.1) is 19.7 Å². The van der Waals surface area contributed by atoms with Crippen molar-refractivity contribution < 1.29 is 17.5 Å². The van der Waals surface area contributed by atoms with Crippen LogP contribution in [0.25, 0.3) is 0 Å². The first-order valence-electron chi connectivity index (χ1n) is 6.98. The average molecular weight is 339 g/mol. The summed E-state index contributed by atoms with van der Waals surface area (Å²) in [6.45, 7) is 6.89. The quantitative estimate of drug-likeness (QED) is 0.906. The van der Waals surface area contributed by atoms with Gasteiger partial charge in [-0.3, -0.25) is 4.72 Å². The molecule has 1 N–H and O–H groups in total. The van der Waals surface area contributed by atoms with E-state index in [1.807, 2.05) is 0 Å². The summed E-state index contributed by atoms with van der Waals surface area (Å²) in [7, 11) is -4.05. The predicted octanol–water partition coefficient (Wildman–Crippen LogP) is 2.82. The molecule has 0 aliphatic heterocycles. The minimum absolute atomic E-state index is 0.0800. The van der Waals surface area contributed by atoms with E-state index >= 15 is 0 Å². The number of anilines is 1. The maximum Gasteiger partial charge on any atom is 0.266 e. The molecule has 2 rings (SSSR count). The van der Waals surface area contributed by atoms with Gasteiger partial charge in [-0.2, -0.15) is 0 Å².